The van der Waals surface area contributed by atoms with Crippen LogP contribution in [-0.4, -0.2) is 35.8 Å². The van der Waals surface area contributed by atoms with Gasteiger partial charge in [0, 0.05) is 19.5 Å². The molecule has 0 aliphatic carbocycles. The highest BCUT2D eigenvalue weighted by Crippen LogP contribution is 2.16. The molecule has 0 radical (unpaired) electrons. The Kier molecular flexibility index (Phi) is 7.63. The van der Waals surface area contributed by atoms with Gasteiger partial charge in [-0.15, -0.1) is 0 Å². The van der Waals surface area contributed by atoms with Crippen molar-refractivity contribution in [2.24, 2.45) is 5.92 Å². The summed E-state index contributed by atoms with van der Waals surface area (Å²) < 4.78 is 0. The van der Waals surface area contributed by atoms with E-state index in [0.717, 1.165) is 38.8 Å². The summed E-state index contributed by atoms with van der Waals surface area (Å²) in [5.41, 5.74) is 0. The van der Waals surface area contributed by atoms with Gasteiger partial charge in [0.05, 0.1) is 0 Å². The lowest BCUT2D eigenvalue weighted by Crippen LogP contribution is -2.49. The average Bonchev–Trinajstić information content (AvgIpc) is 2.43. The van der Waals surface area contributed by atoms with Crippen molar-refractivity contribution in [3.05, 3.63) is 0 Å². The number of hydrogen-bond acceptors (Lipinski definition) is 2. The van der Waals surface area contributed by atoms with E-state index in [2.05, 4.69) is 19.2 Å². The van der Waals surface area contributed by atoms with E-state index in [9.17, 15) is 9.59 Å². The minimum Gasteiger partial charge on any atom is -0.345 e. The lowest BCUT2D eigenvalue weighted by molar-refractivity contribution is -0.137. The summed E-state index contributed by atoms with van der Waals surface area (Å²) in [7, 11) is 0. The van der Waals surface area contributed by atoms with Crippen LogP contribution in [0, 0.1) is 5.92 Å². The van der Waals surface area contributed by atoms with Crippen molar-refractivity contribution in [2.45, 2.75) is 71.8 Å². The van der Waals surface area contributed by atoms with Crippen molar-refractivity contribution in [3.8, 4) is 0 Å². The first-order valence-electron chi connectivity index (χ1n) is 8.12. The number of amides is 2. The number of piperidine rings is 1. The van der Waals surface area contributed by atoms with Crippen LogP contribution in [0.5, 0.6) is 0 Å². The summed E-state index contributed by atoms with van der Waals surface area (Å²) >= 11 is 0. The predicted molar refractivity (Wildman–Crippen MR) is 81.3 cm³/mol. The summed E-state index contributed by atoms with van der Waals surface area (Å²) in [6.07, 6.45) is 7.04. The molecule has 0 aromatic rings. The van der Waals surface area contributed by atoms with Gasteiger partial charge < -0.3 is 10.2 Å². The molecule has 1 N–H and O–H groups in total. The van der Waals surface area contributed by atoms with Crippen molar-refractivity contribution in [1.29, 1.82) is 0 Å². The minimum absolute atomic E-state index is 0.00679. The Labute approximate surface area is 123 Å². The second kappa shape index (κ2) is 8.98. The van der Waals surface area contributed by atoms with Gasteiger partial charge in [-0.1, -0.05) is 33.1 Å². The maximum Gasteiger partial charge on any atom is 0.244 e. The number of nitrogens with one attached hydrogen (secondary N) is 1. The highest BCUT2D eigenvalue weighted by molar-refractivity contribution is 5.87. The van der Waals surface area contributed by atoms with Crippen molar-refractivity contribution in [3.63, 3.8) is 0 Å². The van der Waals surface area contributed by atoms with Gasteiger partial charge >= 0.3 is 0 Å². The number of hydrogen-bond donors (Lipinski definition) is 1. The maximum atomic E-state index is 12.2. The molecule has 4 nitrogen and oxygen atoms in total. The number of carbonyl (C=O) groups is 2. The van der Waals surface area contributed by atoms with E-state index in [4.69, 9.17) is 0 Å². The molecule has 1 unspecified atom stereocenters. The monoisotopic (exact) mass is 282 g/mol. The quantitative estimate of drug-likeness (QED) is 0.730. The minimum atomic E-state index is -0.387. The van der Waals surface area contributed by atoms with Gasteiger partial charge in [-0.3, -0.25) is 9.59 Å². The van der Waals surface area contributed by atoms with Crippen LogP contribution >= 0.6 is 0 Å². The Morgan fingerprint density at radius 3 is 2.45 bits per heavy atom. The molecule has 4 heteroatoms. The fourth-order valence-electron chi connectivity index (χ4n) is 2.59. The predicted octanol–water partition coefficient (Wildman–Crippen LogP) is 2.72. The molecule has 0 aromatic carbocycles. The number of unbranched alkanes of at least 4 members (excludes halogenated alkanes) is 3. The standard InChI is InChI=1S/C16H30N2O2/c1-4-5-6-7-8-15(19)17-14(3)16(20)18-11-9-13(2)10-12-18/h13-14H,4-12H2,1-3H3,(H,17,19). The molecule has 1 atom stereocenters. The van der Waals surface area contributed by atoms with Crippen molar-refractivity contribution >= 4 is 11.8 Å². The molecule has 1 saturated heterocycles. The second-order valence-electron chi connectivity index (χ2n) is 6.11. The number of rotatable bonds is 7. The fourth-order valence-corrected chi connectivity index (χ4v) is 2.59. The fraction of sp³-hybridized carbons (Fsp3) is 0.875. The Morgan fingerprint density at radius 2 is 1.85 bits per heavy atom. The van der Waals surface area contributed by atoms with E-state index in [1.54, 1.807) is 6.92 Å². The van der Waals surface area contributed by atoms with Crippen LogP contribution in [0.25, 0.3) is 0 Å². The summed E-state index contributed by atoms with van der Waals surface area (Å²) in [6, 6.07) is -0.387. The van der Waals surface area contributed by atoms with Crippen LogP contribution in [0.3, 0.4) is 0 Å². The zero-order valence-electron chi connectivity index (χ0n) is 13.3. The summed E-state index contributed by atoms with van der Waals surface area (Å²) in [4.78, 5) is 25.9. The first-order valence-corrected chi connectivity index (χ1v) is 8.12. The van der Waals surface area contributed by atoms with E-state index in [-0.39, 0.29) is 17.9 Å². The molecule has 0 bridgehead atoms. The Hall–Kier alpha value is -1.06. The van der Waals surface area contributed by atoms with Gasteiger partial charge in [0.2, 0.25) is 11.8 Å². The van der Waals surface area contributed by atoms with Gasteiger partial charge in [-0.2, -0.15) is 0 Å². The Bertz CT molecular complexity index is 310. The third-order valence-electron chi connectivity index (χ3n) is 4.10. The summed E-state index contributed by atoms with van der Waals surface area (Å²) in [6.45, 7) is 7.83. The lowest BCUT2D eigenvalue weighted by Gasteiger charge is -2.32. The molecule has 20 heavy (non-hydrogen) atoms. The Morgan fingerprint density at radius 1 is 1.20 bits per heavy atom. The zero-order valence-corrected chi connectivity index (χ0v) is 13.3. The van der Waals surface area contributed by atoms with Crippen LogP contribution in [0.15, 0.2) is 0 Å². The van der Waals surface area contributed by atoms with E-state index >= 15 is 0 Å². The molecule has 1 fully saturated rings. The molecular formula is C16H30N2O2. The zero-order chi connectivity index (χ0) is 15.0. The smallest absolute Gasteiger partial charge is 0.244 e. The van der Waals surface area contributed by atoms with Gasteiger partial charge in [0.25, 0.3) is 0 Å². The molecule has 116 valence electrons. The topological polar surface area (TPSA) is 49.4 Å². The summed E-state index contributed by atoms with van der Waals surface area (Å²) in [5.74, 6) is 0.786. The molecule has 0 spiro atoms. The van der Waals surface area contributed by atoms with Crippen LogP contribution in [0.1, 0.15) is 65.7 Å². The Balaban J connectivity index is 2.25. The first-order chi connectivity index (χ1) is 9.54. The number of likely N-dealkylation sites (tertiary alicyclic amines) is 1. The molecule has 1 rings (SSSR count). The molecule has 0 aromatic heterocycles. The van der Waals surface area contributed by atoms with E-state index < -0.39 is 0 Å². The molecule has 1 heterocycles. The normalized spacial score (nSPS) is 17.9. The third kappa shape index (κ3) is 5.93. The van der Waals surface area contributed by atoms with Crippen LogP contribution in [0.4, 0.5) is 0 Å². The van der Waals surface area contributed by atoms with E-state index in [0.29, 0.717) is 12.3 Å². The molecular weight excluding hydrogens is 252 g/mol. The highest BCUT2D eigenvalue weighted by Gasteiger charge is 2.25. The molecule has 1 aliphatic rings. The van der Waals surface area contributed by atoms with E-state index in [1.807, 2.05) is 4.90 Å². The van der Waals surface area contributed by atoms with Gasteiger partial charge in [0.15, 0.2) is 0 Å². The van der Waals surface area contributed by atoms with Crippen LogP contribution in [-0.2, 0) is 9.59 Å². The number of carbonyl (C=O) groups excluding carboxylic acids is 2. The van der Waals surface area contributed by atoms with Crippen LogP contribution < -0.4 is 5.32 Å². The largest absolute Gasteiger partial charge is 0.345 e. The van der Waals surface area contributed by atoms with Crippen molar-refractivity contribution < 1.29 is 9.59 Å². The number of nitrogens with zero attached hydrogens (tertiary/aromatic N) is 1. The second-order valence-corrected chi connectivity index (χ2v) is 6.11. The van der Waals surface area contributed by atoms with Crippen molar-refractivity contribution in [1.82, 2.24) is 10.2 Å². The highest BCUT2D eigenvalue weighted by atomic mass is 16.2. The SMILES string of the molecule is CCCCCCC(=O)NC(C)C(=O)N1CCC(C)CC1. The van der Waals surface area contributed by atoms with Crippen LogP contribution in [0.2, 0.25) is 0 Å². The van der Waals surface area contributed by atoms with Gasteiger partial charge in [-0.25, -0.2) is 0 Å². The third-order valence-corrected chi connectivity index (χ3v) is 4.10. The molecule has 2 amide bonds. The molecule has 0 saturated carbocycles. The lowest BCUT2D eigenvalue weighted by atomic mass is 9.99. The first kappa shape index (κ1) is 17.0. The maximum absolute atomic E-state index is 12.2. The molecule has 1 aliphatic heterocycles. The van der Waals surface area contributed by atoms with Gasteiger partial charge in [0.1, 0.15) is 6.04 Å². The van der Waals surface area contributed by atoms with E-state index in [1.165, 1.54) is 12.8 Å². The van der Waals surface area contributed by atoms with Crippen molar-refractivity contribution in [2.75, 3.05) is 13.1 Å². The average molecular weight is 282 g/mol. The summed E-state index contributed by atoms with van der Waals surface area (Å²) in [5, 5.41) is 2.83. The van der Waals surface area contributed by atoms with Gasteiger partial charge in [-0.05, 0) is 32.1 Å².